The van der Waals surface area contributed by atoms with E-state index >= 15 is 0 Å². The van der Waals surface area contributed by atoms with Gasteiger partial charge in [0, 0.05) is 19.8 Å². The van der Waals surface area contributed by atoms with E-state index in [1.165, 1.54) is 38.5 Å². The average molecular weight is 298 g/mol. The summed E-state index contributed by atoms with van der Waals surface area (Å²) in [5, 5.41) is 24.6. The van der Waals surface area contributed by atoms with Crippen LogP contribution in [0.3, 0.4) is 0 Å². The SMILES string of the molecule is OCC1CC1.OCC1CC1.OCC1CC1.OP(O)O. The van der Waals surface area contributed by atoms with Gasteiger partial charge in [0.2, 0.25) is 0 Å². The molecule has 0 bridgehead atoms. The van der Waals surface area contributed by atoms with Crippen LogP contribution in [0.1, 0.15) is 38.5 Å². The predicted octanol–water partition coefficient (Wildman–Crippen LogP) is 0.356. The molecule has 0 atom stereocenters. The summed E-state index contributed by atoms with van der Waals surface area (Å²) in [6.07, 6.45) is 7.56. The van der Waals surface area contributed by atoms with Crippen LogP contribution in [0.25, 0.3) is 0 Å². The Morgan fingerprint density at radius 3 is 0.737 bits per heavy atom. The first-order valence-electron chi connectivity index (χ1n) is 6.72. The standard InChI is InChI=1S/3C4H8O.H3O3P/c3*5-3-4-1-2-4;1-4(2)3/h3*4-5H,1-3H2;1-3H. The molecule has 0 amide bonds. The monoisotopic (exact) mass is 298 g/mol. The average Bonchev–Trinajstić information content (AvgIpc) is 3.26. The van der Waals surface area contributed by atoms with Gasteiger partial charge in [-0.2, -0.15) is 0 Å². The van der Waals surface area contributed by atoms with E-state index in [1.54, 1.807) is 0 Å². The molecule has 0 saturated heterocycles. The zero-order chi connectivity index (χ0) is 14.7. The molecule has 7 heteroatoms. The van der Waals surface area contributed by atoms with Crippen LogP contribution in [0.5, 0.6) is 0 Å². The summed E-state index contributed by atoms with van der Waals surface area (Å²) in [4.78, 5) is 21.7. The van der Waals surface area contributed by atoms with Gasteiger partial charge in [-0.05, 0) is 56.3 Å². The second-order valence-electron chi connectivity index (χ2n) is 5.15. The van der Waals surface area contributed by atoms with Gasteiger partial charge >= 0.3 is 8.60 Å². The molecular weight excluding hydrogens is 271 g/mol. The summed E-state index contributed by atoms with van der Waals surface area (Å²) in [5.74, 6) is 2.07. The molecule has 0 aromatic rings. The lowest BCUT2D eigenvalue weighted by atomic mass is 10.5. The molecule has 0 spiro atoms. The van der Waals surface area contributed by atoms with Crippen LogP contribution < -0.4 is 0 Å². The molecule has 6 nitrogen and oxygen atoms in total. The minimum Gasteiger partial charge on any atom is -0.396 e. The fourth-order valence-electron chi connectivity index (χ4n) is 0.901. The Morgan fingerprint density at radius 2 is 0.737 bits per heavy atom. The second kappa shape index (κ2) is 12.0. The number of aliphatic hydroxyl groups is 3. The maximum atomic E-state index is 8.21. The quantitative estimate of drug-likeness (QED) is 0.418. The molecule has 0 aromatic carbocycles. The fourth-order valence-corrected chi connectivity index (χ4v) is 0.901. The highest BCUT2D eigenvalue weighted by atomic mass is 31.2. The summed E-state index contributed by atoms with van der Waals surface area (Å²) >= 11 is 0. The lowest BCUT2D eigenvalue weighted by Gasteiger charge is -1.76. The zero-order valence-electron chi connectivity index (χ0n) is 11.2. The molecule has 3 fully saturated rings. The molecular formula is C12H27O6P. The normalized spacial score (nSPS) is 20.4. The first kappa shape index (κ1) is 19.2. The predicted molar refractivity (Wildman–Crippen MR) is 73.0 cm³/mol. The maximum Gasteiger partial charge on any atom is 0.324 e. The van der Waals surface area contributed by atoms with E-state index in [9.17, 15) is 0 Å². The number of hydrogen-bond donors (Lipinski definition) is 6. The van der Waals surface area contributed by atoms with Crippen molar-refractivity contribution in [2.24, 2.45) is 17.8 Å². The molecule has 116 valence electrons. The summed E-state index contributed by atoms with van der Waals surface area (Å²) in [6, 6.07) is 0. The summed E-state index contributed by atoms with van der Waals surface area (Å²) in [7, 11) is -2.62. The highest BCUT2D eigenvalue weighted by Gasteiger charge is 2.19. The largest absolute Gasteiger partial charge is 0.396 e. The van der Waals surface area contributed by atoms with Gasteiger partial charge in [-0.1, -0.05) is 0 Å². The first-order chi connectivity index (χ1) is 9.03. The van der Waals surface area contributed by atoms with Gasteiger partial charge in [-0.25, -0.2) is 0 Å². The fraction of sp³-hybridized carbons (Fsp3) is 1.00. The minimum atomic E-state index is -2.62. The number of rotatable bonds is 3. The molecule has 0 aromatic heterocycles. The van der Waals surface area contributed by atoms with Crippen LogP contribution >= 0.6 is 8.60 Å². The van der Waals surface area contributed by atoms with Crippen molar-refractivity contribution in [3.05, 3.63) is 0 Å². The topological polar surface area (TPSA) is 121 Å². The third-order valence-corrected chi connectivity index (χ3v) is 2.87. The Kier molecular flexibility index (Phi) is 12.1. The van der Waals surface area contributed by atoms with E-state index in [-0.39, 0.29) is 0 Å². The van der Waals surface area contributed by atoms with Crippen molar-refractivity contribution in [2.75, 3.05) is 19.8 Å². The van der Waals surface area contributed by atoms with Crippen molar-refractivity contribution < 1.29 is 30.0 Å². The third kappa shape index (κ3) is 20.7. The van der Waals surface area contributed by atoms with Crippen LogP contribution in [0.2, 0.25) is 0 Å². The van der Waals surface area contributed by atoms with Crippen molar-refractivity contribution in [1.82, 2.24) is 0 Å². The Bertz CT molecular complexity index is 161. The second-order valence-corrected chi connectivity index (χ2v) is 5.68. The first-order valence-corrected chi connectivity index (χ1v) is 7.92. The molecule has 3 aliphatic carbocycles. The summed E-state index contributed by atoms with van der Waals surface area (Å²) < 4.78 is 0. The van der Waals surface area contributed by atoms with Gasteiger partial charge in [0.25, 0.3) is 0 Å². The van der Waals surface area contributed by atoms with Gasteiger partial charge in [-0.3, -0.25) is 0 Å². The molecule has 3 rings (SSSR count). The Labute approximate surface area is 115 Å². The molecule has 3 aliphatic rings. The van der Waals surface area contributed by atoms with E-state index < -0.39 is 8.60 Å². The van der Waals surface area contributed by atoms with Gasteiger partial charge in [0.15, 0.2) is 0 Å². The highest BCUT2D eigenvalue weighted by Crippen LogP contribution is 2.27. The summed E-state index contributed by atoms with van der Waals surface area (Å²) in [6.45, 7) is 1.25. The van der Waals surface area contributed by atoms with Gasteiger partial charge < -0.3 is 30.0 Å². The van der Waals surface area contributed by atoms with E-state index in [4.69, 9.17) is 30.0 Å². The van der Waals surface area contributed by atoms with Crippen LogP contribution in [0, 0.1) is 17.8 Å². The van der Waals surface area contributed by atoms with Crippen molar-refractivity contribution in [1.29, 1.82) is 0 Å². The molecule has 6 N–H and O–H groups in total. The molecule has 0 radical (unpaired) electrons. The third-order valence-electron chi connectivity index (χ3n) is 2.87. The van der Waals surface area contributed by atoms with Gasteiger partial charge in [0.1, 0.15) is 0 Å². The van der Waals surface area contributed by atoms with Gasteiger partial charge in [-0.15, -0.1) is 0 Å². The van der Waals surface area contributed by atoms with Crippen molar-refractivity contribution in [3.63, 3.8) is 0 Å². The number of aliphatic hydroxyl groups excluding tert-OH is 3. The molecule has 0 aliphatic heterocycles. The molecule has 0 unspecified atom stereocenters. The molecule has 0 heterocycles. The van der Waals surface area contributed by atoms with Crippen molar-refractivity contribution >= 4 is 8.60 Å². The lowest BCUT2D eigenvalue weighted by Crippen LogP contribution is -1.78. The minimum absolute atomic E-state index is 0.417. The smallest absolute Gasteiger partial charge is 0.324 e. The van der Waals surface area contributed by atoms with Crippen molar-refractivity contribution in [2.45, 2.75) is 38.5 Å². The van der Waals surface area contributed by atoms with E-state index in [2.05, 4.69) is 0 Å². The number of hydrogen-bond acceptors (Lipinski definition) is 6. The molecule has 19 heavy (non-hydrogen) atoms. The highest BCUT2D eigenvalue weighted by molar-refractivity contribution is 7.38. The summed E-state index contributed by atoms with van der Waals surface area (Å²) in [5.41, 5.74) is 0. The van der Waals surface area contributed by atoms with Crippen LogP contribution in [-0.2, 0) is 0 Å². The zero-order valence-corrected chi connectivity index (χ0v) is 12.1. The van der Waals surface area contributed by atoms with Crippen LogP contribution in [0.15, 0.2) is 0 Å². The lowest BCUT2D eigenvalue weighted by molar-refractivity contribution is 0.276. The Morgan fingerprint density at radius 1 is 0.579 bits per heavy atom. The van der Waals surface area contributed by atoms with Crippen LogP contribution in [-0.4, -0.2) is 49.8 Å². The Hall–Kier alpha value is 0.190. The van der Waals surface area contributed by atoms with Gasteiger partial charge in [0.05, 0.1) is 0 Å². The Balaban J connectivity index is 0.000000229. The molecule has 3 saturated carbocycles. The van der Waals surface area contributed by atoms with E-state index in [0.717, 1.165) is 0 Å². The maximum absolute atomic E-state index is 8.21. The van der Waals surface area contributed by atoms with Crippen molar-refractivity contribution in [3.8, 4) is 0 Å². The van der Waals surface area contributed by atoms with E-state index in [1.807, 2.05) is 0 Å². The van der Waals surface area contributed by atoms with Crippen LogP contribution in [0.4, 0.5) is 0 Å². The van der Waals surface area contributed by atoms with E-state index in [0.29, 0.717) is 37.6 Å².